The lowest BCUT2D eigenvalue weighted by Gasteiger charge is -2.15. The molecule has 4 heteroatoms. The smallest absolute Gasteiger partial charge is 0.241 e. The van der Waals surface area contributed by atoms with E-state index < -0.39 is 6.04 Å². The van der Waals surface area contributed by atoms with Gasteiger partial charge in [-0.05, 0) is 31.9 Å². The van der Waals surface area contributed by atoms with Crippen LogP contribution in [0, 0.1) is 13.8 Å². The molecule has 4 nitrogen and oxygen atoms in total. The first-order valence-corrected chi connectivity index (χ1v) is 5.71. The zero-order chi connectivity index (χ0) is 13.0. The van der Waals surface area contributed by atoms with E-state index in [2.05, 4.69) is 5.32 Å². The van der Waals surface area contributed by atoms with Crippen molar-refractivity contribution in [2.45, 2.75) is 33.2 Å². The summed E-state index contributed by atoms with van der Waals surface area (Å²) in [5.41, 5.74) is 8.39. The van der Waals surface area contributed by atoms with Crippen LogP contribution in [0.5, 0.6) is 5.75 Å². The Morgan fingerprint density at radius 1 is 1.47 bits per heavy atom. The average Bonchev–Trinajstić information content (AvgIpc) is 2.32. The van der Waals surface area contributed by atoms with Crippen molar-refractivity contribution in [3.05, 3.63) is 23.3 Å². The topological polar surface area (TPSA) is 64.4 Å². The minimum atomic E-state index is -0.471. The number of amides is 1. The summed E-state index contributed by atoms with van der Waals surface area (Å²) in [5.74, 6) is 0.634. The zero-order valence-corrected chi connectivity index (χ0v) is 10.8. The van der Waals surface area contributed by atoms with Crippen LogP contribution in [0.25, 0.3) is 0 Å². The van der Waals surface area contributed by atoms with E-state index in [1.165, 1.54) is 0 Å². The largest absolute Gasteiger partial charge is 0.496 e. The Morgan fingerprint density at radius 3 is 2.65 bits per heavy atom. The van der Waals surface area contributed by atoms with Crippen LogP contribution in [0.1, 0.15) is 24.5 Å². The summed E-state index contributed by atoms with van der Waals surface area (Å²) in [7, 11) is 1.62. The average molecular weight is 236 g/mol. The van der Waals surface area contributed by atoms with Gasteiger partial charge in [-0.1, -0.05) is 13.0 Å². The van der Waals surface area contributed by atoms with E-state index >= 15 is 0 Å². The van der Waals surface area contributed by atoms with Crippen LogP contribution in [0.2, 0.25) is 0 Å². The number of carbonyl (C=O) groups excluding carboxylic acids is 1. The lowest BCUT2D eigenvalue weighted by molar-refractivity contribution is -0.117. The highest BCUT2D eigenvalue weighted by Gasteiger charge is 2.14. The minimum absolute atomic E-state index is 0.165. The molecule has 3 N–H and O–H groups in total. The Morgan fingerprint density at radius 2 is 2.12 bits per heavy atom. The van der Waals surface area contributed by atoms with Gasteiger partial charge in [0.05, 0.1) is 13.2 Å². The summed E-state index contributed by atoms with van der Waals surface area (Å²) in [5, 5.41) is 2.82. The van der Waals surface area contributed by atoms with E-state index in [0.29, 0.717) is 6.42 Å². The molecule has 0 saturated carbocycles. The van der Waals surface area contributed by atoms with Crippen LogP contribution in [-0.2, 0) is 4.79 Å². The Labute approximate surface area is 102 Å². The molecular formula is C13H20N2O2. The van der Waals surface area contributed by atoms with Crippen LogP contribution in [-0.4, -0.2) is 19.1 Å². The molecule has 0 saturated heterocycles. The monoisotopic (exact) mass is 236 g/mol. The van der Waals surface area contributed by atoms with Crippen LogP contribution in [0.4, 0.5) is 5.69 Å². The van der Waals surface area contributed by atoms with Gasteiger partial charge >= 0.3 is 0 Å². The predicted octanol–water partition coefficient (Wildman–Crippen LogP) is 1.99. The van der Waals surface area contributed by atoms with Crippen molar-refractivity contribution in [3.8, 4) is 5.75 Å². The molecule has 0 aliphatic heterocycles. The summed E-state index contributed by atoms with van der Waals surface area (Å²) < 4.78 is 5.30. The molecule has 0 aliphatic rings. The van der Waals surface area contributed by atoms with Gasteiger partial charge in [-0.25, -0.2) is 0 Å². The highest BCUT2D eigenvalue weighted by Crippen LogP contribution is 2.29. The second-order valence-corrected chi connectivity index (χ2v) is 4.09. The summed E-state index contributed by atoms with van der Waals surface area (Å²) in [6.07, 6.45) is 0.619. The summed E-state index contributed by atoms with van der Waals surface area (Å²) in [6.45, 7) is 5.76. The lowest BCUT2D eigenvalue weighted by atomic mass is 10.1. The number of benzene rings is 1. The van der Waals surface area contributed by atoms with Gasteiger partial charge in [0.15, 0.2) is 0 Å². The third kappa shape index (κ3) is 2.97. The van der Waals surface area contributed by atoms with Gasteiger partial charge < -0.3 is 15.8 Å². The molecule has 0 bridgehead atoms. The van der Waals surface area contributed by atoms with Crippen LogP contribution in [0.3, 0.4) is 0 Å². The predicted molar refractivity (Wildman–Crippen MR) is 69.4 cm³/mol. The number of rotatable bonds is 4. The molecule has 1 rings (SSSR count). The van der Waals surface area contributed by atoms with Crippen molar-refractivity contribution in [2.24, 2.45) is 5.73 Å². The van der Waals surface area contributed by atoms with E-state index in [1.54, 1.807) is 7.11 Å². The maximum atomic E-state index is 11.7. The maximum Gasteiger partial charge on any atom is 0.241 e. The number of ether oxygens (including phenoxy) is 1. The summed E-state index contributed by atoms with van der Waals surface area (Å²) in [4.78, 5) is 11.7. The number of hydrogen-bond donors (Lipinski definition) is 2. The van der Waals surface area contributed by atoms with Crippen molar-refractivity contribution in [1.29, 1.82) is 0 Å². The number of aryl methyl sites for hydroxylation is 1. The van der Waals surface area contributed by atoms with Crippen molar-refractivity contribution in [3.63, 3.8) is 0 Å². The van der Waals surface area contributed by atoms with Gasteiger partial charge in [0.25, 0.3) is 0 Å². The van der Waals surface area contributed by atoms with E-state index in [0.717, 1.165) is 22.6 Å². The number of hydrogen-bond acceptors (Lipinski definition) is 3. The molecule has 0 aliphatic carbocycles. The lowest BCUT2D eigenvalue weighted by Crippen LogP contribution is -2.35. The first kappa shape index (κ1) is 13.5. The van der Waals surface area contributed by atoms with Crippen LogP contribution in [0.15, 0.2) is 12.1 Å². The Bertz CT molecular complexity index is 416. The molecule has 1 aromatic rings. The standard InChI is InChI=1S/C13H20N2O2/c1-5-10(14)13(16)15-11-7-6-8(2)12(17-4)9(11)3/h6-7,10H,5,14H2,1-4H3,(H,15,16)/t10-/m0/s1. The first-order valence-electron chi connectivity index (χ1n) is 5.71. The quantitative estimate of drug-likeness (QED) is 0.840. The van der Waals surface area contributed by atoms with Crippen LogP contribution >= 0.6 is 0 Å². The van der Waals surface area contributed by atoms with Gasteiger partial charge in [-0.3, -0.25) is 4.79 Å². The fourth-order valence-electron chi connectivity index (χ4n) is 1.69. The Kier molecular flexibility index (Phi) is 4.52. The molecule has 94 valence electrons. The fraction of sp³-hybridized carbons (Fsp3) is 0.462. The van der Waals surface area contributed by atoms with Crippen molar-refractivity contribution >= 4 is 11.6 Å². The molecule has 0 unspecified atom stereocenters. The molecular weight excluding hydrogens is 216 g/mol. The van der Waals surface area contributed by atoms with Gasteiger partial charge in [0, 0.05) is 11.3 Å². The highest BCUT2D eigenvalue weighted by atomic mass is 16.5. The van der Waals surface area contributed by atoms with Crippen molar-refractivity contribution in [2.75, 3.05) is 12.4 Å². The molecule has 17 heavy (non-hydrogen) atoms. The van der Waals surface area contributed by atoms with Gasteiger partial charge in [0.2, 0.25) is 5.91 Å². The highest BCUT2D eigenvalue weighted by molar-refractivity contribution is 5.95. The fourth-order valence-corrected chi connectivity index (χ4v) is 1.69. The normalized spacial score (nSPS) is 12.1. The van der Waals surface area contributed by atoms with E-state index in [1.807, 2.05) is 32.9 Å². The third-order valence-corrected chi connectivity index (χ3v) is 2.84. The maximum absolute atomic E-state index is 11.7. The third-order valence-electron chi connectivity index (χ3n) is 2.84. The van der Waals surface area contributed by atoms with Gasteiger partial charge in [-0.15, -0.1) is 0 Å². The minimum Gasteiger partial charge on any atom is -0.496 e. The number of methoxy groups -OCH3 is 1. The zero-order valence-electron chi connectivity index (χ0n) is 10.8. The Hall–Kier alpha value is -1.55. The van der Waals surface area contributed by atoms with Crippen molar-refractivity contribution < 1.29 is 9.53 Å². The van der Waals surface area contributed by atoms with E-state index in [4.69, 9.17) is 10.5 Å². The van der Waals surface area contributed by atoms with Gasteiger partial charge in [-0.2, -0.15) is 0 Å². The summed E-state index contributed by atoms with van der Waals surface area (Å²) >= 11 is 0. The van der Waals surface area contributed by atoms with E-state index in [-0.39, 0.29) is 5.91 Å². The molecule has 0 fully saturated rings. The first-order chi connectivity index (χ1) is 8.01. The number of carbonyl (C=O) groups is 1. The molecule has 1 aromatic carbocycles. The molecule has 0 heterocycles. The van der Waals surface area contributed by atoms with Crippen LogP contribution < -0.4 is 15.8 Å². The molecule has 1 atom stereocenters. The van der Waals surface area contributed by atoms with Gasteiger partial charge in [0.1, 0.15) is 5.75 Å². The number of nitrogens with two attached hydrogens (primary N) is 1. The molecule has 1 amide bonds. The molecule has 0 radical (unpaired) electrons. The number of anilines is 1. The Balaban J connectivity index is 2.97. The number of nitrogens with one attached hydrogen (secondary N) is 1. The SMILES string of the molecule is CC[C@H](N)C(=O)Nc1ccc(C)c(OC)c1C. The van der Waals surface area contributed by atoms with Crippen molar-refractivity contribution in [1.82, 2.24) is 0 Å². The second kappa shape index (κ2) is 5.68. The van der Waals surface area contributed by atoms with E-state index in [9.17, 15) is 4.79 Å². The summed E-state index contributed by atoms with van der Waals surface area (Å²) in [6, 6.07) is 3.31. The second-order valence-electron chi connectivity index (χ2n) is 4.09. The molecule has 0 aromatic heterocycles. The molecule has 0 spiro atoms.